The normalized spacial score (nSPS) is 10.1. The molecule has 0 bridgehead atoms. The number of ketones is 1. The monoisotopic (exact) mass is 216 g/mol. The zero-order valence-electron chi connectivity index (χ0n) is 9.95. The summed E-state index contributed by atoms with van der Waals surface area (Å²) in [5.41, 5.74) is 1.91. The van der Waals surface area contributed by atoms with E-state index in [4.69, 9.17) is 12.6 Å². The SMILES string of the molecule is [B]c1cc(OCCCC(C)=O)ccc1CC. The van der Waals surface area contributed by atoms with Gasteiger partial charge in [-0.2, -0.15) is 0 Å². The van der Waals surface area contributed by atoms with Crippen LogP contribution in [-0.2, 0) is 11.2 Å². The molecule has 0 atom stereocenters. The van der Waals surface area contributed by atoms with Crippen LogP contribution in [0.25, 0.3) is 0 Å². The van der Waals surface area contributed by atoms with E-state index >= 15 is 0 Å². The summed E-state index contributed by atoms with van der Waals surface area (Å²) in [6.45, 7) is 4.22. The number of rotatable bonds is 6. The molecule has 0 spiro atoms. The molecule has 0 aliphatic heterocycles. The van der Waals surface area contributed by atoms with E-state index in [1.54, 1.807) is 6.92 Å². The maximum atomic E-state index is 10.7. The lowest BCUT2D eigenvalue weighted by molar-refractivity contribution is -0.117. The Morgan fingerprint density at radius 3 is 2.75 bits per heavy atom. The molecule has 0 saturated carbocycles. The van der Waals surface area contributed by atoms with E-state index in [0.29, 0.717) is 13.0 Å². The highest BCUT2D eigenvalue weighted by molar-refractivity contribution is 6.33. The minimum atomic E-state index is 0.199. The Bertz CT molecular complexity index is 361. The summed E-state index contributed by atoms with van der Waals surface area (Å²) in [6, 6.07) is 5.74. The van der Waals surface area contributed by atoms with Crippen LogP contribution >= 0.6 is 0 Å². The van der Waals surface area contributed by atoms with Gasteiger partial charge in [-0.05, 0) is 31.9 Å². The van der Waals surface area contributed by atoms with Crippen molar-refractivity contribution in [3.8, 4) is 5.75 Å². The lowest BCUT2D eigenvalue weighted by Crippen LogP contribution is -2.10. The van der Waals surface area contributed by atoms with Crippen molar-refractivity contribution in [2.45, 2.75) is 33.1 Å². The lowest BCUT2D eigenvalue weighted by Gasteiger charge is -2.09. The number of hydrogen-bond donors (Lipinski definition) is 0. The van der Waals surface area contributed by atoms with Gasteiger partial charge in [-0.1, -0.05) is 24.0 Å². The van der Waals surface area contributed by atoms with Crippen LogP contribution in [-0.4, -0.2) is 20.2 Å². The van der Waals surface area contributed by atoms with E-state index in [-0.39, 0.29) is 5.78 Å². The maximum Gasteiger partial charge on any atom is 0.129 e. The fourth-order valence-electron chi connectivity index (χ4n) is 1.50. The van der Waals surface area contributed by atoms with Gasteiger partial charge in [0.1, 0.15) is 19.4 Å². The summed E-state index contributed by atoms with van der Waals surface area (Å²) >= 11 is 0. The first-order valence-corrected chi connectivity index (χ1v) is 5.64. The molecule has 0 amide bonds. The minimum absolute atomic E-state index is 0.199. The molecule has 84 valence electrons. The van der Waals surface area contributed by atoms with Gasteiger partial charge in [0.15, 0.2) is 0 Å². The largest absolute Gasteiger partial charge is 0.494 e. The molecule has 1 rings (SSSR count). The van der Waals surface area contributed by atoms with Gasteiger partial charge in [0.05, 0.1) is 6.61 Å². The first kappa shape index (κ1) is 12.8. The molecule has 0 aliphatic carbocycles. The second kappa shape index (κ2) is 6.36. The maximum absolute atomic E-state index is 10.7. The summed E-state index contributed by atoms with van der Waals surface area (Å²) in [5, 5.41) is 0. The molecule has 0 aliphatic rings. The van der Waals surface area contributed by atoms with Crippen molar-refractivity contribution in [1.82, 2.24) is 0 Å². The Kier molecular flexibility index (Phi) is 5.10. The number of hydrogen-bond acceptors (Lipinski definition) is 2. The third kappa shape index (κ3) is 4.09. The molecular weight excluding hydrogens is 199 g/mol. The molecule has 1 aromatic carbocycles. The first-order chi connectivity index (χ1) is 7.63. The van der Waals surface area contributed by atoms with Gasteiger partial charge in [0, 0.05) is 6.42 Å². The van der Waals surface area contributed by atoms with Crippen LogP contribution in [0, 0.1) is 0 Å². The van der Waals surface area contributed by atoms with Crippen LogP contribution < -0.4 is 10.2 Å². The lowest BCUT2D eigenvalue weighted by atomic mass is 9.89. The molecule has 0 N–H and O–H groups in total. The Balaban J connectivity index is 2.43. The van der Waals surface area contributed by atoms with Crippen LogP contribution in [0.2, 0.25) is 0 Å². The second-order valence-corrected chi connectivity index (χ2v) is 3.87. The fraction of sp³-hybridized carbons (Fsp3) is 0.462. The van der Waals surface area contributed by atoms with Crippen LogP contribution in [0.4, 0.5) is 0 Å². The third-order valence-corrected chi connectivity index (χ3v) is 2.44. The summed E-state index contributed by atoms with van der Waals surface area (Å²) in [4.78, 5) is 10.7. The van der Waals surface area contributed by atoms with E-state index in [9.17, 15) is 4.79 Å². The predicted molar refractivity (Wildman–Crippen MR) is 66.6 cm³/mol. The van der Waals surface area contributed by atoms with Crippen LogP contribution in [0.1, 0.15) is 32.3 Å². The predicted octanol–water partition coefficient (Wildman–Crippen LogP) is 1.79. The van der Waals surface area contributed by atoms with Crippen molar-refractivity contribution in [2.75, 3.05) is 6.61 Å². The molecular formula is C13H17BO2. The standard InChI is InChI=1S/C13H17BO2/c1-3-11-6-7-12(9-13(11)14)16-8-4-5-10(2)15/h6-7,9H,3-5,8H2,1-2H3. The molecule has 2 nitrogen and oxygen atoms in total. The average molecular weight is 216 g/mol. The highest BCUT2D eigenvalue weighted by Gasteiger charge is 1.99. The van der Waals surface area contributed by atoms with Gasteiger partial charge in [0.25, 0.3) is 0 Å². The third-order valence-electron chi connectivity index (χ3n) is 2.44. The van der Waals surface area contributed by atoms with Gasteiger partial charge in [0.2, 0.25) is 0 Å². The van der Waals surface area contributed by atoms with Crippen molar-refractivity contribution >= 4 is 19.1 Å². The van der Waals surface area contributed by atoms with E-state index in [1.807, 2.05) is 18.2 Å². The van der Waals surface area contributed by atoms with Gasteiger partial charge >= 0.3 is 0 Å². The van der Waals surface area contributed by atoms with E-state index in [1.165, 1.54) is 0 Å². The molecule has 3 heteroatoms. The second-order valence-electron chi connectivity index (χ2n) is 3.87. The summed E-state index contributed by atoms with van der Waals surface area (Å²) in [7, 11) is 5.85. The Morgan fingerprint density at radius 1 is 1.44 bits per heavy atom. The summed E-state index contributed by atoms with van der Waals surface area (Å²) < 4.78 is 5.50. The zero-order valence-corrected chi connectivity index (χ0v) is 9.95. The van der Waals surface area contributed by atoms with E-state index < -0.39 is 0 Å². The number of carbonyl (C=O) groups is 1. The quantitative estimate of drug-likeness (QED) is 0.535. The molecule has 0 unspecified atom stereocenters. The highest BCUT2D eigenvalue weighted by Crippen LogP contribution is 2.10. The molecule has 16 heavy (non-hydrogen) atoms. The molecule has 0 heterocycles. The smallest absolute Gasteiger partial charge is 0.129 e. The van der Waals surface area contributed by atoms with Crippen LogP contribution in [0.5, 0.6) is 5.75 Å². The number of Topliss-reactive ketones (excluding diaryl/α,β-unsaturated/α-hetero) is 1. The Hall–Kier alpha value is -1.25. The molecule has 1 aromatic rings. The first-order valence-electron chi connectivity index (χ1n) is 5.64. The van der Waals surface area contributed by atoms with Crippen LogP contribution in [0.15, 0.2) is 18.2 Å². The average Bonchev–Trinajstić information content (AvgIpc) is 2.24. The Morgan fingerprint density at radius 2 is 2.19 bits per heavy atom. The topological polar surface area (TPSA) is 26.3 Å². The summed E-state index contributed by atoms with van der Waals surface area (Å²) in [5.74, 6) is 0.975. The minimum Gasteiger partial charge on any atom is -0.494 e. The van der Waals surface area contributed by atoms with Crippen molar-refractivity contribution in [3.63, 3.8) is 0 Å². The van der Waals surface area contributed by atoms with Crippen molar-refractivity contribution in [2.24, 2.45) is 0 Å². The summed E-state index contributed by atoms with van der Waals surface area (Å²) in [6.07, 6.45) is 2.25. The van der Waals surface area contributed by atoms with Crippen molar-refractivity contribution in [1.29, 1.82) is 0 Å². The van der Waals surface area contributed by atoms with Gasteiger partial charge < -0.3 is 9.53 Å². The van der Waals surface area contributed by atoms with Gasteiger partial charge in [-0.3, -0.25) is 0 Å². The molecule has 0 saturated heterocycles. The molecule has 2 radical (unpaired) electrons. The molecule has 0 aromatic heterocycles. The van der Waals surface area contributed by atoms with Crippen molar-refractivity contribution in [3.05, 3.63) is 23.8 Å². The van der Waals surface area contributed by atoms with Gasteiger partial charge in [-0.15, -0.1) is 0 Å². The van der Waals surface area contributed by atoms with Crippen molar-refractivity contribution < 1.29 is 9.53 Å². The number of ether oxygens (including phenoxy) is 1. The van der Waals surface area contributed by atoms with E-state index in [0.717, 1.165) is 29.6 Å². The fourth-order valence-corrected chi connectivity index (χ4v) is 1.50. The molecule has 0 fully saturated rings. The van der Waals surface area contributed by atoms with Crippen LogP contribution in [0.3, 0.4) is 0 Å². The van der Waals surface area contributed by atoms with E-state index in [2.05, 4.69) is 6.92 Å². The zero-order chi connectivity index (χ0) is 12.0. The number of aryl methyl sites for hydroxylation is 1. The Labute approximate surface area is 98.4 Å². The number of carbonyl (C=O) groups excluding carboxylic acids is 1. The van der Waals surface area contributed by atoms with Gasteiger partial charge in [-0.25, -0.2) is 0 Å². The number of benzene rings is 1. The highest BCUT2D eigenvalue weighted by atomic mass is 16.5.